The zero-order chi connectivity index (χ0) is 51.2. The van der Waals surface area contributed by atoms with E-state index in [1.54, 1.807) is 0 Å². The van der Waals surface area contributed by atoms with E-state index in [0.29, 0.717) is 11.8 Å². The number of fused-ring (bicyclic) bond motifs is 2. The lowest BCUT2D eigenvalue weighted by atomic mass is 9.63. The number of nitrogens with one attached hydrogen (secondary N) is 1. The van der Waals surface area contributed by atoms with E-state index in [1.807, 2.05) is 17.4 Å². The van der Waals surface area contributed by atoms with E-state index in [-0.39, 0.29) is 32.5 Å². The molecular formula is C64H96BN2S. The monoisotopic (exact) mass is 936 g/mol. The summed E-state index contributed by atoms with van der Waals surface area (Å²) in [5.41, 5.74) is 14.2. The van der Waals surface area contributed by atoms with Crippen molar-refractivity contribution in [2.45, 2.75) is 195 Å². The topological polar surface area (TPSA) is 15.3 Å². The van der Waals surface area contributed by atoms with Crippen molar-refractivity contribution in [2.24, 2.45) is 33.5 Å². The molecule has 1 atom stereocenters. The van der Waals surface area contributed by atoms with Crippen LogP contribution in [0, 0.1) is 33.5 Å². The fraction of sp³-hybridized carbons (Fsp3) is 0.562. The van der Waals surface area contributed by atoms with Gasteiger partial charge in [0.1, 0.15) is 0 Å². The highest BCUT2D eigenvalue weighted by Gasteiger charge is 2.37. The number of benzene rings is 1. The van der Waals surface area contributed by atoms with Gasteiger partial charge in [-0.3, -0.25) is 0 Å². The Balaban J connectivity index is 1.98. The third-order valence-electron chi connectivity index (χ3n) is 15.6. The molecule has 4 heteroatoms. The second-order valence-electron chi connectivity index (χ2n) is 25.5. The summed E-state index contributed by atoms with van der Waals surface area (Å²) < 4.78 is 2.66. The second kappa shape index (κ2) is 22.5. The average Bonchev–Trinajstić information content (AvgIpc) is 3.63. The second-order valence-corrected chi connectivity index (χ2v) is 26.6. The first-order valence-corrected chi connectivity index (χ1v) is 27.0. The van der Waals surface area contributed by atoms with Crippen molar-refractivity contribution >= 4 is 33.5 Å². The number of rotatable bonds is 18. The molecule has 1 unspecified atom stereocenters. The van der Waals surface area contributed by atoms with Gasteiger partial charge in [0.05, 0.1) is 0 Å². The van der Waals surface area contributed by atoms with Crippen LogP contribution in [-0.4, -0.2) is 18.7 Å². The summed E-state index contributed by atoms with van der Waals surface area (Å²) in [4.78, 5) is 2.36. The van der Waals surface area contributed by atoms with Crippen molar-refractivity contribution in [3.05, 3.63) is 148 Å². The van der Waals surface area contributed by atoms with Crippen molar-refractivity contribution < 1.29 is 0 Å². The fourth-order valence-corrected chi connectivity index (χ4v) is 11.0. The van der Waals surface area contributed by atoms with Crippen LogP contribution in [0.2, 0.25) is 0 Å². The van der Waals surface area contributed by atoms with E-state index >= 15 is 0 Å². The van der Waals surface area contributed by atoms with Crippen molar-refractivity contribution in [1.82, 2.24) is 10.2 Å². The van der Waals surface area contributed by atoms with Gasteiger partial charge in [-0.15, -0.1) is 0 Å². The molecule has 1 aromatic heterocycles. The summed E-state index contributed by atoms with van der Waals surface area (Å²) in [7, 11) is 2.48. The summed E-state index contributed by atoms with van der Waals surface area (Å²) in [6.45, 7) is 54.5. The maximum absolute atomic E-state index is 4.13. The van der Waals surface area contributed by atoms with Crippen LogP contribution in [0.5, 0.6) is 0 Å². The molecule has 0 bridgehead atoms. The molecule has 2 aliphatic carbocycles. The van der Waals surface area contributed by atoms with Crippen molar-refractivity contribution in [3.63, 3.8) is 0 Å². The summed E-state index contributed by atoms with van der Waals surface area (Å²) in [5.74, 6) is 1.12. The Bertz CT molecular complexity index is 2330. The highest BCUT2D eigenvalue weighted by atomic mass is 32.1. The summed E-state index contributed by atoms with van der Waals surface area (Å²) in [6.07, 6.45) is 31.9. The molecule has 2 aliphatic rings. The minimum Gasteiger partial charge on any atom is -0.382 e. The molecule has 0 aliphatic heterocycles. The van der Waals surface area contributed by atoms with Crippen LogP contribution in [-0.2, 0) is 10.8 Å². The van der Waals surface area contributed by atoms with Gasteiger partial charge in [-0.2, -0.15) is 11.3 Å². The highest BCUT2D eigenvalue weighted by Crippen LogP contribution is 2.48. The molecule has 0 saturated heterocycles. The van der Waals surface area contributed by atoms with Gasteiger partial charge in [0.2, 0.25) is 7.28 Å². The molecular weight excluding hydrogens is 840 g/mol. The van der Waals surface area contributed by atoms with Gasteiger partial charge >= 0.3 is 0 Å². The number of thiophene rings is 1. The van der Waals surface area contributed by atoms with E-state index in [9.17, 15) is 0 Å². The van der Waals surface area contributed by atoms with Crippen LogP contribution >= 0.6 is 11.3 Å². The van der Waals surface area contributed by atoms with Crippen LogP contribution in [0.1, 0.15) is 195 Å². The minimum absolute atomic E-state index is 0.0357. The molecule has 2 nitrogen and oxygen atoms in total. The first kappa shape index (κ1) is 56.8. The van der Waals surface area contributed by atoms with E-state index < -0.39 is 0 Å². The molecule has 0 saturated carbocycles. The summed E-state index contributed by atoms with van der Waals surface area (Å²) in [6, 6.07) is 7.50. The van der Waals surface area contributed by atoms with Crippen LogP contribution in [0.3, 0.4) is 0 Å². The zero-order valence-corrected chi connectivity index (χ0v) is 48.1. The third-order valence-corrected chi connectivity index (χ3v) is 16.6. The quantitative estimate of drug-likeness (QED) is 0.118. The fourth-order valence-electron chi connectivity index (χ4n) is 10.0. The third kappa shape index (κ3) is 14.4. The van der Waals surface area contributed by atoms with Crippen LogP contribution in [0.25, 0.3) is 10.1 Å². The van der Waals surface area contributed by atoms with Gasteiger partial charge in [0.15, 0.2) is 0 Å². The molecule has 1 aromatic carbocycles. The zero-order valence-electron chi connectivity index (χ0n) is 47.3. The van der Waals surface area contributed by atoms with Gasteiger partial charge in [-0.05, 0) is 178 Å². The van der Waals surface area contributed by atoms with Gasteiger partial charge in [-0.1, -0.05) is 184 Å². The first-order chi connectivity index (χ1) is 31.4. The van der Waals surface area contributed by atoms with Crippen molar-refractivity contribution in [3.8, 4) is 0 Å². The maximum Gasteiger partial charge on any atom is 0.207 e. The van der Waals surface area contributed by atoms with E-state index in [0.717, 1.165) is 25.1 Å². The van der Waals surface area contributed by atoms with Crippen LogP contribution in [0.4, 0.5) is 0 Å². The summed E-state index contributed by atoms with van der Waals surface area (Å²) in [5, 5.41) is 5.09. The molecule has 0 fully saturated rings. The van der Waals surface area contributed by atoms with Crippen molar-refractivity contribution in [2.75, 3.05) is 6.54 Å². The number of nitrogens with zero attached hydrogens (tertiary/aromatic N) is 1. The molecule has 371 valence electrons. The van der Waals surface area contributed by atoms with Crippen LogP contribution < -0.4 is 10.1 Å². The van der Waals surface area contributed by atoms with Crippen molar-refractivity contribution in [1.29, 1.82) is 0 Å². The standard InChI is InChI=1S/C64H96BN2S/c1-23-27-50(66-36-26-29-51-45(6)30-33-62(17,18)46(51)7)31-37-67(38-32-53(60(12,13)14)52(28-24-2)59(9,10)11)47(8)56(42-49(39-44(4)5)61(15,16)25-3)65-58-41-48-40-54-55(43-57(48)68-58)64(21,22)35-34-63(54,19)20/h23-24,26-29,31-32,37-38,40-45,66H,1,25,30,33-36,39H2,2-22H3/b28-24+,29-26-,37-31+,38-32+,49-42+,50-27+,53-52-,56-47-. The highest BCUT2D eigenvalue weighted by molar-refractivity contribution is 7.27. The number of hydrogen-bond donors (Lipinski definition) is 1. The Labute approximate surface area is 424 Å². The Morgan fingerprint density at radius 3 is 2.01 bits per heavy atom. The van der Waals surface area contributed by atoms with Crippen LogP contribution in [0.15, 0.2) is 137 Å². The molecule has 2 aromatic rings. The average molecular weight is 936 g/mol. The van der Waals surface area contributed by atoms with E-state index in [4.69, 9.17) is 0 Å². The SMILES string of the molecule is C=C/C=C(\C=C\N(/C=C/C(=C(\C=C\C)C(C)(C)C)C(C)(C)C)/C(C)=C([B]c1cc2cc3c(cc2s1)C(C)(C)CCC3(C)C)/C=C(\CC(C)C)C(C)(C)CC)NC/C=C\C1=C(C)C(C)(C)CCC1C. The summed E-state index contributed by atoms with van der Waals surface area (Å²) >= 11 is 1.93. The lowest BCUT2D eigenvalue weighted by Crippen LogP contribution is -2.33. The minimum atomic E-state index is -0.0872. The number of hydrogen-bond acceptors (Lipinski definition) is 3. The molecule has 1 radical (unpaired) electrons. The maximum atomic E-state index is 4.13. The normalized spacial score (nSPS) is 20.2. The Kier molecular flexibility index (Phi) is 18.8. The molecule has 0 amide bonds. The number of allylic oxidation sites excluding steroid dienone is 15. The lowest BCUT2D eigenvalue weighted by molar-refractivity contribution is 0.332. The molecule has 4 rings (SSSR count). The molecule has 1 N–H and O–H groups in total. The molecule has 68 heavy (non-hydrogen) atoms. The smallest absolute Gasteiger partial charge is 0.207 e. The Morgan fingerprint density at radius 1 is 0.868 bits per heavy atom. The molecule has 0 spiro atoms. The predicted octanol–water partition coefficient (Wildman–Crippen LogP) is 18.5. The van der Waals surface area contributed by atoms with Gasteiger partial charge < -0.3 is 10.2 Å². The van der Waals surface area contributed by atoms with Gasteiger partial charge in [0, 0.05) is 35.0 Å². The lowest BCUT2D eigenvalue weighted by Gasteiger charge is -2.41. The first-order valence-electron chi connectivity index (χ1n) is 26.2. The molecule has 1 heterocycles. The van der Waals surface area contributed by atoms with E-state index in [2.05, 4.69) is 249 Å². The largest absolute Gasteiger partial charge is 0.382 e. The van der Waals surface area contributed by atoms with Gasteiger partial charge in [-0.25, -0.2) is 0 Å². The predicted molar refractivity (Wildman–Crippen MR) is 308 cm³/mol. The van der Waals surface area contributed by atoms with Gasteiger partial charge in [0.25, 0.3) is 0 Å². The van der Waals surface area contributed by atoms with E-state index in [1.165, 1.54) is 90.7 Å². The Morgan fingerprint density at radius 2 is 1.46 bits per heavy atom. The Hall–Kier alpha value is -3.76.